The number of aryl methyl sites for hydroxylation is 2. The van der Waals surface area contributed by atoms with Crippen LogP contribution in [0.3, 0.4) is 0 Å². The van der Waals surface area contributed by atoms with Crippen LogP contribution < -0.4 is 15.4 Å². The van der Waals surface area contributed by atoms with Gasteiger partial charge in [0.25, 0.3) is 0 Å². The smallest absolute Gasteiger partial charge is 0.211 e. The molecule has 152 valence electrons. The summed E-state index contributed by atoms with van der Waals surface area (Å²) in [5.41, 5.74) is 2.17. The van der Waals surface area contributed by atoms with Gasteiger partial charge in [0.15, 0.2) is 5.96 Å². The number of rotatable bonds is 9. The molecule has 0 saturated carbocycles. The lowest BCUT2D eigenvalue weighted by molar-refractivity contribution is 0.581. The van der Waals surface area contributed by atoms with Gasteiger partial charge in [0.1, 0.15) is 5.82 Å². The first-order valence-electron chi connectivity index (χ1n) is 8.80. The highest BCUT2D eigenvalue weighted by Gasteiger charge is 2.07. The molecule has 0 amide bonds. The number of para-hydroxylation sites is 2. The third kappa shape index (κ3) is 7.26. The Morgan fingerprint density at radius 1 is 1.19 bits per heavy atom. The molecule has 3 N–H and O–H groups in total. The quantitative estimate of drug-likeness (QED) is 0.206. The van der Waals surface area contributed by atoms with E-state index >= 15 is 0 Å². The Balaban J connectivity index is 0.00000364. The summed E-state index contributed by atoms with van der Waals surface area (Å²) in [6.07, 6.45) is 0.921. The number of hydrogen-bond donors (Lipinski definition) is 3. The van der Waals surface area contributed by atoms with Crippen LogP contribution in [0.15, 0.2) is 29.3 Å². The third-order valence-electron chi connectivity index (χ3n) is 4.04. The third-order valence-corrected chi connectivity index (χ3v) is 5.44. The van der Waals surface area contributed by atoms with Crippen LogP contribution in [0.4, 0.5) is 0 Å². The second kappa shape index (κ2) is 11.4. The maximum Gasteiger partial charge on any atom is 0.211 e. The van der Waals surface area contributed by atoms with Crippen LogP contribution in [0, 0.1) is 6.92 Å². The predicted octanol–water partition coefficient (Wildman–Crippen LogP) is 1.46. The van der Waals surface area contributed by atoms with E-state index in [1.807, 2.05) is 25.1 Å². The summed E-state index contributed by atoms with van der Waals surface area (Å²) in [4.78, 5) is 8.71. The highest BCUT2D eigenvalue weighted by atomic mass is 127. The number of aliphatic imine (C=N–C) groups is 1. The molecule has 0 unspecified atom stereocenters. The lowest BCUT2D eigenvalue weighted by atomic mass is 10.3. The molecule has 8 nitrogen and oxygen atoms in total. The number of benzene rings is 1. The molecule has 0 saturated heterocycles. The topological polar surface area (TPSA) is 100 Å². The molecule has 2 aromatic rings. The van der Waals surface area contributed by atoms with Gasteiger partial charge in [-0.15, -0.1) is 24.0 Å². The number of guanidine groups is 1. The van der Waals surface area contributed by atoms with Crippen LogP contribution in [0.5, 0.6) is 0 Å². The molecule has 0 bridgehead atoms. The normalized spacial score (nSPS) is 12.0. The van der Waals surface area contributed by atoms with Gasteiger partial charge in [-0.1, -0.05) is 12.1 Å². The van der Waals surface area contributed by atoms with Crippen LogP contribution in [0.2, 0.25) is 0 Å². The number of sulfonamides is 1. The van der Waals surface area contributed by atoms with Gasteiger partial charge in [-0.2, -0.15) is 0 Å². The zero-order valence-corrected chi connectivity index (χ0v) is 19.2. The van der Waals surface area contributed by atoms with Gasteiger partial charge in [-0.25, -0.2) is 18.1 Å². The van der Waals surface area contributed by atoms with Crippen LogP contribution in [-0.4, -0.2) is 56.4 Å². The largest absolute Gasteiger partial charge is 0.356 e. The number of imidazole rings is 1. The van der Waals surface area contributed by atoms with Crippen molar-refractivity contribution >= 4 is 51.0 Å². The van der Waals surface area contributed by atoms with E-state index in [0.29, 0.717) is 19.0 Å². The van der Waals surface area contributed by atoms with Crippen molar-refractivity contribution in [3.63, 3.8) is 0 Å². The number of halogens is 1. The molecule has 2 rings (SSSR count). The van der Waals surface area contributed by atoms with Gasteiger partial charge in [0.05, 0.1) is 16.8 Å². The van der Waals surface area contributed by atoms with Crippen LogP contribution >= 0.6 is 24.0 Å². The van der Waals surface area contributed by atoms with Crippen molar-refractivity contribution in [3.05, 3.63) is 30.1 Å². The summed E-state index contributed by atoms with van der Waals surface area (Å²) in [7, 11) is -1.46. The molecule has 1 heterocycles. The zero-order valence-electron chi connectivity index (χ0n) is 16.0. The van der Waals surface area contributed by atoms with Gasteiger partial charge in [0, 0.05) is 33.2 Å². The van der Waals surface area contributed by atoms with Gasteiger partial charge < -0.3 is 15.2 Å². The lowest BCUT2D eigenvalue weighted by Crippen LogP contribution is -2.42. The molecule has 0 radical (unpaired) electrons. The molecule has 1 aromatic heterocycles. The molecule has 0 aliphatic carbocycles. The number of nitrogens with zero attached hydrogens (tertiary/aromatic N) is 3. The highest BCUT2D eigenvalue weighted by Crippen LogP contribution is 2.15. The average Bonchev–Trinajstić information content (AvgIpc) is 2.95. The minimum Gasteiger partial charge on any atom is -0.356 e. The second-order valence-electron chi connectivity index (χ2n) is 5.88. The van der Waals surface area contributed by atoms with E-state index in [2.05, 4.69) is 36.0 Å². The van der Waals surface area contributed by atoms with E-state index in [1.165, 1.54) is 0 Å². The Bertz CT molecular complexity index is 850. The Morgan fingerprint density at radius 3 is 2.59 bits per heavy atom. The molecule has 0 aliphatic rings. The van der Waals surface area contributed by atoms with Crippen molar-refractivity contribution < 1.29 is 8.42 Å². The second-order valence-corrected chi connectivity index (χ2v) is 7.97. The summed E-state index contributed by atoms with van der Waals surface area (Å²) < 4.78 is 27.5. The van der Waals surface area contributed by atoms with Crippen molar-refractivity contribution in [1.82, 2.24) is 24.9 Å². The maximum absolute atomic E-state index is 11.4. The number of aromatic nitrogens is 2. The fourth-order valence-electron chi connectivity index (χ4n) is 2.63. The minimum absolute atomic E-state index is 0. The molecule has 10 heteroatoms. The first-order valence-corrected chi connectivity index (χ1v) is 10.5. The first kappa shape index (κ1) is 23.6. The highest BCUT2D eigenvalue weighted by molar-refractivity contribution is 14.0. The standard InChI is InChI=1S/C17H28N6O2S.HI/c1-4-26(24,25)21-12-11-20-17(18-3)19-10-7-13-23-14(2)22-15-8-5-6-9-16(15)23;/h5-6,8-9,21H,4,7,10-13H2,1-3H3,(H2,18,19,20);1H. The summed E-state index contributed by atoms with van der Waals surface area (Å²) in [6, 6.07) is 8.13. The lowest BCUT2D eigenvalue weighted by Gasteiger charge is -2.13. The van der Waals surface area contributed by atoms with Crippen molar-refractivity contribution in [3.8, 4) is 0 Å². The van der Waals surface area contributed by atoms with Crippen LogP contribution in [-0.2, 0) is 16.6 Å². The number of hydrogen-bond acceptors (Lipinski definition) is 4. The molecular weight excluding hydrogens is 479 g/mol. The predicted molar refractivity (Wildman–Crippen MR) is 121 cm³/mol. The maximum atomic E-state index is 11.4. The summed E-state index contributed by atoms with van der Waals surface area (Å²) in [6.45, 7) is 6.06. The average molecular weight is 508 g/mol. The van der Waals surface area contributed by atoms with Crippen molar-refractivity contribution in [2.24, 2.45) is 4.99 Å². The first-order chi connectivity index (χ1) is 12.5. The Kier molecular flexibility index (Phi) is 10.0. The van der Waals surface area contributed by atoms with E-state index < -0.39 is 10.0 Å². The van der Waals surface area contributed by atoms with Crippen molar-refractivity contribution in [2.75, 3.05) is 32.4 Å². The SMILES string of the molecule is CCS(=O)(=O)NCCNC(=NC)NCCCn1c(C)nc2ccccc21.I. The minimum atomic E-state index is -3.15. The molecule has 0 atom stereocenters. The van der Waals surface area contributed by atoms with Gasteiger partial charge >= 0.3 is 0 Å². The van der Waals surface area contributed by atoms with E-state index in [1.54, 1.807) is 14.0 Å². The van der Waals surface area contributed by atoms with Gasteiger partial charge in [0.2, 0.25) is 10.0 Å². The number of nitrogens with one attached hydrogen (secondary N) is 3. The Morgan fingerprint density at radius 2 is 1.89 bits per heavy atom. The Hall–Kier alpha value is -1.40. The van der Waals surface area contributed by atoms with Crippen molar-refractivity contribution in [2.45, 2.75) is 26.8 Å². The number of fused-ring (bicyclic) bond motifs is 1. The van der Waals surface area contributed by atoms with E-state index in [0.717, 1.165) is 36.4 Å². The molecule has 0 spiro atoms. The fraction of sp³-hybridized carbons (Fsp3) is 0.529. The summed E-state index contributed by atoms with van der Waals surface area (Å²) in [5, 5.41) is 6.33. The van der Waals surface area contributed by atoms with Crippen molar-refractivity contribution in [1.29, 1.82) is 0 Å². The van der Waals surface area contributed by atoms with E-state index in [-0.39, 0.29) is 29.7 Å². The molecule has 1 aromatic carbocycles. The summed E-state index contributed by atoms with van der Waals surface area (Å²) >= 11 is 0. The Labute approximate surface area is 178 Å². The molecular formula is C17H29IN6O2S. The molecule has 0 fully saturated rings. The van der Waals surface area contributed by atoms with E-state index in [4.69, 9.17) is 0 Å². The van der Waals surface area contributed by atoms with Gasteiger partial charge in [-0.3, -0.25) is 4.99 Å². The van der Waals surface area contributed by atoms with Crippen LogP contribution in [0.1, 0.15) is 19.2 Å². The van der Waals surface area contributed by atoms with E-state index in [9.17, 15) is 8.42 Å². The monoisotopic (exact) mass is 508 g/mol. The van der Waals surface area contributed by atoms with Crippen LogP contribution in [0.25, 0.3) is 11.0 Å². The molecule has 27 heavy (non-hydrogen) atoms. The van der Waals surface area contributed by atoms with Gasteiger partial charge in [-0.05, 0) is 32.4 Å². The zero-order chi connectivity index (χ0) is 19.0. The summed E-state index contributed by atoms with van der Waals surface area (Å²) in [5.74, 6) is 1.76. The molecule has 0 aliphatic heterocycles. The fourth-order valence-corrected chi connectivity index (χ4v) is 3.25.